The highest BCUT2D eigenvalue weighted by Gasteiger charge is 2.41. The third kappa shape index (κ3) is 2.90. The summed E-state index contributed by atoms with van der Waals surface area (Å²) in [7, 11) is 0. The smallest absolute Gasteiger partial charge is 0.121 e. The van der Waals surface area contributed by atoms with Crippen LogP contribution >= 0.6 is 12.6 Å². The number of benzene rings is 3. The van der Waals surface area contributed by atoms with Crippen LogP contribution in [0, 0.1) is 0 Å². The first-order valence-corrected chi connectivity index (χ1v) is 8.60. The summed E-state index contributed by atoms with van der Waals surface area (Å²) in [6.07, 6.45) is 1.34. The first-order chi connectivity index (χ1) is 11.8. The van der Waals surface area contributed by atoms with Crippen LogP contribution < -0.4 is 0 Å². The highest BCUT2D eigenvalue weighted by molar-refractivity contribution is 7.81. The Morgan fingerprint density at radius 1 is 0.708 bits per heavy atom. The van der Waals surface area contributed by atoms with E-state index in [1.54, 1.807) is 0 Å². The topological polar surface area (TPSA) is 17.1 Å². The van der Waals surface area contributed by atoms with E-state index in [-0.39, 0.29) is 5.25 Å². The summed E-state index contributed by atoms with van der Waals surface area (Å²) < 4.78 is 0. The van der Waals surface area contributed by atoms with Crippen LogP contribution in [0.2, 0.25) is 0 Å². The van der Waals surface area contributed by atoms with E-state index in [1.165, 1.54) is 0 Å². The lowest BCUT2D eigenvalue weighted by Gasteiger charge is -2.40. The van der Waals surface area contributed by atoms with Crippen molar-refractivity contribution in [2.45, 2.75) is 17.1 Å². The van der Waals surface area contributed by atoms with Gasteiger partial charge < -0.3 is 4.79 Å². The van der Waals surface area contributed by atoms with Crippen molar-refractivity contribution in [2.24, 2.45) is 0 Å². The Kier molecular flexibility index (Phi) is 5.17. The molecule has 0 saturated heterocycles. The summed E-state index contributed by atoms with van der Waals surface area (Å²) in [5.41, 5.74) is 2.95. The number of hydrogen-bond donors (Lipinski definition) is 1. The number of aldehydes is 1. The van der Waals surface area contributed by atoms with Gasteiger partial charge >= 0.3 is 0 Å². The minimum Gasteiger partial charge on any atom is -0.303 e. The van der Waals surface area contributed by atoms with E-state index in [0.29, 0.717) is 6.42 Å². The maximum atomic E-state index is 11.3. The quantitative estimate of drug-likeness (QED) is 0.386. The highest BCUT2D eigenvalue weighted by Crippen LogP contribution is 2.45. The number of rotatable bonds is 6. The number of carbonyl (C=O) groups is 1. The summed E-state index contributed by atoms with van der Waals surface area (Å²) in [4.78, 5) is 11.3. The molecule has 1 unspecified atom stereocenters. The van der Waals surface area contributed by atoms with Crippen LogP contribution in [0.3, 0.4) is 0 Å². The van der Waals surface area contributed by atoms with E-state index < -0.39 is 5.41 Å². The second-order valence-electron chi connectivity index (χ2n) is 5.82. The zero-order valence-electron chi connectivity index (χ0n) is 13.4. The van der Waals surface area contributed by atoms with Crippen LogP contribution in [0.15, 0.2) is 91.0 Å². The van der Waals surface area contributed by atoms with Gasteiger partial charge in [-0.05, 0) is 16.7 Å². The minimum absolute atomic E-state index is 0.165. The SMILES string of the molecule is O=CCC(S)C(c1ccccc1)(c1ccccc1)c1ccccc1. The summed E-state index contributed by atoms with van der Waals surface area (Å²) in [5.74, 6) is 0. The van der Waals surface area contributed by atoms with Crippen LogP contribution in [0.5, 0.6) is 0 Å². The van der Waals surface area contributed by atoms with Crippen LogP contribution in [0.1, 0.15) is 23.1 Å². The van der Waals surface area contributed by atoms with E-state index in [9.17, 15) is 4.79 Å². The largest absolute Gasteiger partial charge is 0.303 e. The van der Waals surface area contributed by atoms with Crippen LogP contribution in [0.4, 0.5) is 0 Å². The van der Waals surface area contributed by atoms with E-state index in [1.807, 2.05) is 54.6 Å². The van der Waals surface area contributed by atoms with Gasteiger partial charge in [0.1, 0.15) is 6.29 Å². The van der Waals surface area contributed by atoms with Crippen molar-refractivity contribution < 1.29 is 4.79 Å². The van der Waals surface area contributed by atoms with Crippen molar-refractivity contribution >= 4 is 18.9 Å². The molecule has 2 heteroatoms. The molecule has 3 aromatic carbocycles. The van der Waals surface area contributed by atoms with Crippen LogP contribution in [-0.4, -0.2) is 11.5 Å². The molecule has 0 spiro atoms. The van der Waals surface area contributed by atoms with E-state index in [4.69, 9.17) is 12.6 Å². The maximum absolute atomic E-state index is 11.3. The van der Waals surface area contributed by atoms with Crippen molar-refractivity contribution in [3.05, 3.63) is 108 Å². The van der Waals surface area contributed by atoms with E-state index in [0.717, 1.165) is 23.0 Å². The van der Waals surface area contributed by atoms with Gasteiger partial charge in [0, 0.05) is 11.7 Å². The Hall–Kier alpha value is -2.32. The third-order valence-corrected chi connectivity index (χ3v) is 5.10. The molecule has 3 aromatic rings. The van der Waals surface area contributed by atoms with Gasteiger partial charge in [-0.25, -0.2) is 0 Å². The Morgan fingerprint density at radius 2 is 1.04 bits per heavy atom. The standard InChI is InChI=1S/C22H20OS/c23-17-16-21(24)22(18-10-4-1-5-11-18,19-12-6-2-7-13-19)20-14-8-3-9-15-20/h1-15,17,21,24H,16H2. The van der Waals surface area contributed by atoms with Crippen molar-refractivity contribution in [1.82, 2.24) is 0 Å². The molecule has 0 fully saturated rings. The fraction of sp³-hybridized carbons (Fsp3) is 0.136. The molecule has 0 radical (unpaired) electrons. The first-order valence-electron chi connectivity index (χ1n) is 8.08. The molecule has 0 aliphatic heterocycles. The van der Waals surface area contributed by atoms with Crippen LogP contribution in [0.25, 0.3) is 0 Å². The van der Waals surface area contributed by atoms with Gasteiger partial charge in [-0.3, -0.25) is 0 Å². The third-order valence-electron chi connectivity index (χ3n) is 4.51. The molecule has 120 valence electrons. The predicted molar refractivity (Wildman–Crippen MR) is 103 cm³/mol. The van der Waals surface area contributed by atoms with Crippen LogP contribution in [-0.2, 0) is 10.2 Å². The molecular weight excluding hydrogens is 312 g/mol. The molecule has 24 heavy (non-hydrogen) atoms. The summed E-state index contributed by atoms with van der Waals surface area (Å²) in [6.45, 7) is 0. The molecule has 0 aromatic heterocycles. The van der Waals surface area contributed by atoms with E-state index in [2.05, 4.69) is 36.4 Å². The fourth-order valence-corrected chi connectivity index (χ4v) is 3.98. The molecular formula is C22H20OS. The molecule has 1 nitrogen and oxygen atoms in total. The lowest BCUT2D eigenvalue weighted by atomic mass is 9.66. The van der Waals surface area contributed by atoms with Crippen molar-refractivity contribution in [2.75, 3.05) is 0 Å². The molecule has 0 heterocycles. The molecule has 0 bridgehead atoms. The molecule has 1 atom stereocenters. The van der Waals surface area contributed by atoms with E-state index >= 15 is 0 Å². The average molecular weight is 332 g/mol. The Balaban J connectivity index is 2.35. The van der Waals surface area contributed by atoms with Gasteiger partial charge in [0.05, 0.1) is 5.41 Å². The summed E-state index contributed by atoms with van der Waals surface area (Å²) in [5, 5.41) is -0.165. The zero-order valence-corrected chi connectivity index (χ0v) is 14.3. The fourth-order valence-electron chi connectivity index (χ4n) is 3.45. The molecule has 0 N–H and O–H groups in total. The van der Waals surface area contributed by atoms with Gasteiger partial charge in [-0.15, -0.1) is 0 Å². The molecule has 0 saturated carbocycles. The van der Waals surface area contributed by atoms with Gasteiger partial charge in [0.2, 0.25) is 0 Å². The molecule has 3 rings (SSSR count). The second kappa shape index (κ2) is 7.50. The van der Waals surface area contributed by atoms with Gasteiger partial charge in [-0.2, -0.15) is 12.6 Å². The van der Waals surface area contributed by atoms with Crippen molar-refractivity contribution in [3.8, 4) is 0 Å². The van der Waals surface area contributed by atoms with Crippen molar-refractivity contribution in [3.63, 3.8) is 0 Å². The molecule has 0 amide bonds. The highest BCUT2D eigenvalue weighted by atomic mass is 32.1. The Labute approximate surface area is 148 Å². The Bertz CT molecular complexity index is 672. The zero-order chi connectivity index (χ0) is 16.8. The van der Waals surface area contributed by atoms with Gasteiger partial charge in [-0.1, -0.05) is 91.0 Å². The van der Waals surface area contributed by atoms with Gasteiger partial charge in [0.15, 0.2) is 0 Å². The van der Waals surface area contributed by atoms with Gasteiger partial charge in [0.25, 0.3) is 0 Å². The first kappa shape index (κ1) is 16.5. The lowest BCUT2D eigenvalue weighted by molar-refractivity contribution is -0.107. The minimum atomic E-state index is -0.478. The Morgan fingerprint density at radius 3 is 1.33 bits per heavy atom. The number of hydrogen-bond acceptors (Lipinski definition) is 2. The number of carbonyl (C=O) groups excluding carboxylic acids is 1. The summed E-state index contributed by atoms with van der Waals surface area (Å²) >= 11 is 4.89. The number of thiol groups is 1. The normalized spacial score (nSPS) is 12.5. The summed E-state index contributed by atoms with van der Waals surface area (Å²) in [6, 6.07) is 31.0. The molecule has 0 aliphatic rings. The second-order valence-corrected chi connectivity index (χ2v) is 6.45. The monoisotopic (exact) mass is 332 g/mol. The molecule has 0 aliphatic carbocycles. The maximum Gasteiger partial charge on any atom is 0.121 e. The van der Waals surface area contributed by atoms with Crippen molar-refractivity contribution in [1.29, 1.82) is 0 Å². The lowest BCUT2D eigenvalue weighted by Crippen LogP contribution is -2.39. The predicted octanol–water partition coefficient (Wildman–Crippen LogP) is 4.91. The average Bonchev–Trinajstić information content (AvgIpc) is 2.65.